The van der Waals surface area contributed by atoms with E-state index < -0.39 is 70.4 Å². The molecule has 0 aliphatic carbocycles. The first-order chi connectivity index (χ1) is 34.6. The van der Waals surface area contributed by atoms with Crippen LogP contribution in [0, 0.1) is 6.92 Å². The first kappa shape index (κ1) is 69.3. The zero-order valence-corrected chi connectivity index (χ0v) is 54.3. The molecule has 0 atom stereocenters. The summed E-state index contributed by atoms with van der Waals surface area (Å²) in [6, 6.07) is 16.8. The van der Waals surface area contributed by atoms with Crippen LogP contribution in [-0.2, 0) is 39.0 Å². The van der Waals surface area contributed by atoms with E-state index in [2.05, 4.69) is 49.8 Å². The fourth-order valence-corrected chi connectivity index (χ4v) is 9.71. The zero-order valence-electron chi connectivity index (χ0n) is 40.0. The molecule has 0 aromatic heterocycles. The van der Waals surface area contributed by atoms with Crippen molar-refractivity contribution in [3.63, 3.8) is 0 Å². The van der Waals surface area contributed by atoms with Crippen LogP contribution in [-0.4, -0.2) is 55.1 Å². The van der Waals surface area contributed by atoms with Crippen LogP contribution in [0.4, 0.5) is 34.1 Å². The summed E-state index contributed by atoms with van der Waals surface area (Å²) in [7, 11) is -9.49. The van der Waals surface area contributed by atoms with Gasteiger partial charge in [0.05, 0.1) is 94.2 Å². The molecule has 0 radical (unpaired) electrons. The SMILES string of the molecule is COc1cc(N=Nc2c(SOO[O-])cc3cc(S(=O)(=O)[O-])cc(NC(=O)c4cccc(Cl)c4Cl)c3c2O)c(C)cc1N=Nc1c(S(=O)(=O)[O-])cc2cc(SOO[O-])cc(NC(=O)c3cccc(Cl)c3Cl)c2c1O.[Na+].[Na+].[Na+].[Na+]. The van der Waals surface area contributed by atoms with Gasteiger partial charge in [-0.1, -0.05) is 58.5 Å². The van der Waals surface area contributed by atoms with Crippen LogP contribution in [0.15, 0.2) is 125 Å². The number of carbonyl (C=O) groups excluding carboxylic acids is 2. The molecule has 7 aromatic carbocycles. The number of rotatable bonds is 17. The largest absolute Gasteiger partial charge is 1.00 e. The van der Waals surface area contributed by atoms with Gasteiger partial charge in [0, 0.05) is 21.7 Å². The topological polar surface area (TPSA) is 355 Å². The van der Waals surface area contributed by atoms with Gasteiger partial charge in [-0.3, -0.25) is 19.7 Å². The first-order valence-corrected chi connectivity index (χ1v) is 25.3. The summed E-state index contributed by atoms with van der Waals surface area (Å²) in [5, 5.41) is 71.9. The quantitative estimate of drug-likeness (QED) is 0.0190. The van der Waals surface area contributed by atoms with Crippen molar-refractivity contribution in [1.82, 2.24) is 0 Å². The van der Waals surface area contributed by atoms with Crippen LogP contribution in [0.5, 0.6) is 17.2 Å². The number of phenols is 2. The molecular weight excluding hydrogens is 1220 g/mol. The van der Waals surface area contributed by atoms with E-state index in [0.29, 0.717) is 12.0 Å². The normalized spacial score (nSPS) is 11.5. The van der Waals surface area contributed by atoms with Crippen molar-refractivity contribution in [2.75, 3.05) is 17.7 Å². The number of anilines is 2. The molecule has 4 N–H and O–H groups in total. The fourth-order valence-electron chi connectivity index (χ4n) is 6.82. The van der Waals surface area contributed by atoms with E-state index in [4.69, 9.17) is 51.1 Å². The Morgan fingerprint density at radius 1 is 0.623 bits per heavy atom. The molecule has 77 heavy (non-hydrogen) atoms. The monoisotopic (exact) mass is 1240 g/mol. The summed E-state index contributed by atoms with van der Waals surface area (Å²) in [4.78, 5) is 24.8. The molecule has 0 heterocycles. The van der Waals surface area contributed by atoms with E-state index in [1.54, 1.807) is 0 Å². The van der Waals surface area contributed by atoms with E-state index >= 15 is 0 Å². The maximum absolute atomic E-state index is 13.5. The summed E-state index contributed by atoms with van der Waals surface area (Å²) < 4.78 is 89.1. The Hall–Kier alpha value is -1.96. The standard InChI is InChI=1S/C42H28Cl4N6O17S4.4Na/c1-17-9-27(50-52-38-32(73(62,63)64)13-18-10-20(70-68-66-57)14-28(33(18)40(38)54)47-41(55)22-5-3-7-24(43)35(22)45)30(65-2)16-26(17)49-51-37-31(71-69-67-58)12-19-11-21(72(59,60)61)15-29(34(19)39(37)53)48-42(56)23-6-4-8-25(44)36(23)46;;;;/h3-16,53-54,57-58H,1-2H3,(H,47,55)(H,48,56)(H,59,60,61)(H,62,63,64);;;;/q;4*+1/p-4. The summed E-state index contributed by atoms with van der Waals surface area (Å²) in [6.07, 6.45) is 0. The Morgan fingerprint density at radius 3 is 1.66 bits per heavy atom. The number of hydrogen-bond donors (Lipinski definition) is 4. The number of benzene rings is 7. The van der Waals surface area contributed by atoms with Gasteiger partial charge in [-0.15, -0.1) is 20.5 Å². The number of phenolic OH excluding ortho intramolecular Hbond substituents is 2. The summed E-state index contributed by atoms with van der Waals surface area (Å²) in [6.45, 7) is 1.48. The Balaban J connectivity index is 0.00000390. The summed E-state index contributed by atoms with van der Waals surface area (Å²) in [5.74, 6) is -3.72. The molecular formula is C42H24Cl4N6Na4O17S4. The third-order valence-electron chi connectivity index (χ3n) is 10.0. The van der Waals surface area contributed by atoms with Crippen LogP contribution in [0.25, 0.3) is 21.5 Å². The molecule has 7 rings (SSSR count). The van der Waals surface area contributed by atoms with Crippen LogP contribution in [0.3, 0.4) is 0 Å². The smallest absolute Gasteiger partial charge is 0.744 e. The van der Waals surface area contributed by atoms with Crippen LogP contribution < -0.4 is 144 Å². The molecule has 0 aliphatic heterocycles. The van der Waals surface area contributed by atoms with Crippen molar-refractivity contribution >= 4 is 158 Å². The van der Waals surface area contributed by atoms with Gasteiger partial charge in [-0.25, -0.2) is 16.8 Å². The minimum Gasteiger partial charge on any atom is -0.744 e. The van der Waals surface area contributed by atoms with Crippen molar-refractivity contribution in [2.45, 2.75) is 26.5 Å². The van der Waals surface area contributed by atoms with Crippen molar-refractivity contribution < 1.29 is 198 Å². The number of azo groups is 2. The van der Waals surface area contributed by atoms with E-state index in [1.165, 1.54) is 74.7 Å². The number of aryl methyl sites for hydroxylation is 1. The van der Waals surface area contributed by atoms with Gasteiger partial charge in [0.2, 0.25) is 0 Å². The molecule has 0 saturated carbocycles. The minimum absolute atomic E-state index is 0. The number of nitrogens with one attached hydrogen (secondary N) is 2. The van der Waals surface area contributed by atoms with Gasteiger partial charge in [-0.05, 0) is 90.0 Å². The number of carbonyl (C=O) groups is 2. The van der Waals surface area contributed by atoms with Gasteiger partial charge in [0.1, 0.15) is 43.0 Å². The van der Waals surface area contributed by atoms with E-state index in [0.717, 1.165) is 24.3 Å². The Kier molecular flexibility index (Phi) is 26.9. The number of fused-ring (bicyclic) bond motifs is 2. The number of halogens is 4. The Bertz CT molecular complexity index is 3730. The Morgan fingerprint density at radius 2 is 1.13 bits per heavy atom. The third kappa shape index (κ3) is 16.2. The number of aromatic hydroxyl groups is 2. The second-order valence-corrected chi connectivity index (χ2v) is 20.3. The summed E-state index contributed by atoms with van der Waals surface area (Å²) in [5.41, 5.74) is -2.27. The maximum Gasteiger partial charge on any atom is 1.00 e. The molecule has 0 saturated heterocycles. The number of amides is 2. The molecule has 0 unspecified atom stereocenters. The van der Waals surface area contributed by atoms with Crippen molar-refractivity contribution in [1.29, 1.82) is 0 Å². The van der Waals surface area contributed by atoms with Crippen LogP contribution in [0.1, 0.15) is 26.3 Å². The van der Waals surface area contributed by atoms with Gasteiger partial charge in [0.15, 0.2) is 11.5 Å². The first-order valence-electron chi connectivity index (χ1n) is 19.4. The van der Waals surface area contributed by atoms with Crippen molar-refractivity contribution in [2.24, 2.45) is 20.5 Å². The number of ether oxygens (including phenoxy) is 1. The molecule has 23 nitrogen and oxygen atoms in total. The second-order valence-electron chi connectivity index (χ2n) is 14.5. The van der Waals surface area contributed by atoms with Gasteiger partial charge < -0.3 is 45.2 Å². The summed E-state index contributed by atoms with van der Waals surface area (Å²) >= 11 is 25.2. The molecule has 0 spiro atoms. The number of nitrogens with zero attached hydrogens (tertiary/aromatic N) is 4. The van der Waals surface area contributed by atoms with E-state index in [9.17, 15) is 56.3 Å². The molecule has 0 aliphatic rings. The maximum atomic E-state index is 13.5. The van der Waals surface area contributed by atoms with Gasteiger partial charge in [0.25, 0.3) is 11.8 Å². The Labute approximate surface area is 552 Å². The minimum atomic E-state index is -5.48. The average molecular weight is 1250 g/mol. The predicted molar refractivity (Wildman–Crippen MR) is 258 cm³/mol. The van der Waals surface area contributed by atoms with Crippen molar-refractivity contribution in [3.8, 4) is 17.2 Å². The second kappa shape index (κ2) is 29.8. The number of methoxy groups -OCH3 is 1. The van der Waals surface area contributed by atoms with E-state index in [1.807, 2.05) is 0 Å². The molecule has 0 fully saturated rings. The molecule has 35 heteroatoms. The van der Waals surface area contributed by atoms with E-state index in [-0.39, 0.29) is 221 Å². The molecule has 0 bridgehead atoms. The molecule has 380 valence electrons. The van der Waals surface area contributed by atoms with Crippen LogP contribution >= 0.6 is 70.5 Å². The predicted octanol–water partition coefficient (Wildman–Crippen LogP) is -2.04. The zero-order chi connectivity index (χ0) is 53.1. The third-order valence-corrected chi connectivity index (χ3v) is 14.5. The van der Waals surface area contributed by atoms with Gasteiger partial charge >= 0.3 is 118 Å². The fraction of sp³-hybridized carbons (Fsp3) is 0.0476. The van der Waals surface area contributed by atoms with Crippen LogP contribution in [0.2, 0.25) is 20.1 Å². The van der Waals surface area contributed by atoms with Crippen molar-refractivity contribution in [3.05, 3.63) is 122 Å². The number of hydrogen-bond acceptors (Lipinski definition) is 23. The molecule has 7 aromatic rings. The average Bonchev–Trinajstić information content (AvgIpc) is 3.33. The van der Waals surface area contributed by atoms with Gasteiger partial charge in [-0.2, -0.15) is 8.67 Å². The molecule has 2 amide bonds.